The lowest BCUT2D eigenvalue weighted by molar-refractivity contribution is -0.117. The van der Waals surface area contributed by atoms with Crippen molar-refractivity contribution < 1.29 is 9.18 Å². The molecule has 0 spiro atoms. The molecule has 1 amide bonds. The number of hydrogen-bond donors (Lipinski definition) is 1. The summed E-state index contributed by atoms with van der Waals surface area (Å²) >= 11 is 7.50. The minimum absolute atomic E-state index is 0.00653. The van der Waals surface area contributed by atoms with Crippen LogP contribution in [-0.4, -0.2) is 23.9 Å². The molecule has 0 saturated carbocycles. The van der Waals surface area contributed by atoms with E-state index in [2.05, 4.69) is 28.6 Å². The molecule has 116 valence electrons. The lowest BCUT2D eigenvalue weighted by Gasteiger charge is -2.32. The smallest absolute Gasteiger partial charge is 0.238 e. The second-order valence-electron chi connectivity index (χ2n) is 5.37. The number of anilines is 1. The molecular formula is C16H16ClFN2OS. The van der Waals surface area contributed by atoms with Gasteiger partial charge in [0.25, 0.3) is 0 Å². The van der Waals surface area contributed by atoms with Crippen LogP contribution in [0, 0.1) is 5.82 Å². The van der Waals surface area contributed by atoms with Gasteiger partial charge in [-0.15, -0.1) is 11.3 Å². The molecule has 1 aromatic heterocycles. The molecule has 6 heteroatoms. The lowest BCUT2D eigenvalue weighted by atomic mass is 10.0. The van der Waals surface area contributed by atoms with Gasteiger partial charge in [-0.1, -0.05) is 11.6 Å². The Labute approximate surface area is 137 Å². The minimum Gasteiger partial charge on any atom is -0.325 e. The molecule has 3 rings (SSSR count). The molecule has 1 atom stereocenters. The summed E-state index contributed by atoms with van der Waals surface area (Å²) in [7, 11) is 0. The van der Waals surface area contributed by atoms with Gasteiger partial charge in [-0.05, 0) is 48.6 Å². The van der Waals surface area contributed by atoms with Crippen LogP contribution in [0.2, 0.25) is 5.02 Å². The number of thiophene rings is 1. The van der Waals surface area contributed by atoms with E-state index < -0.39 is 5.82 Å². The normalized spacial score (nSPS) is 18.0. The van der Waals surface area contributed by atoms with Crippen LogP contribution in [0.25, 0.3) is 0 Å². The molecule has 1 aromatic carbocycles. The fourth-order valence-corrected chi connectivity index (χ4v) is 3.88. The molecule has 0 radical (unpaired) electrons. The van der Waals surface area contributed by atoms with Crippen molar-refractivity contribution in [2.45, 2.75) is 19.4 Å². The number of carbonyl (C=O) groups excluding carboxylic acids is 1. The summed E-state index contributed by atoms with van der Waals surface area (Å²) in [6, 6.07) is 6.55. The Hall–Kier alpha value is -1.43. The highest BCUT2D eigenvalue weighted by atomic mass is 35.5. The Morgan fingerprint density at radius 1 is 1.50 bits per heavy atom. The van der Waals surface area contributed by atoms with Crippen LogP contribution >= 0.6 is 22.9 Å². The molecule has 0 aliphatic carbocycles. The Morgan fingerprint density at radius 3 is 3.09 bits per heavy atom. The number of fused-ring (bicyclic) bond motifs is 1. The Bertz CT molecular complexity index is 703. The summed E-state index contributed by atoms with van der Waals surface area (Å²) in [6.07, 6.45) is 0.979. The first kappa shape index (κ1) is 15.5. The van der Waals surface area contributed by atoms with Crippen molar-refractivity contribution >= 4 is 34.5 Å². The molecule has 0 unspecified atom stereocenters. The van der Waals surface area contributed by atoms with E-state index in [0.717, 1.165) is 13.0 Å². The van der Waals surface area contributed by atoms with Gasteiger partial charge in [-0.2, -0.15) is 0 Å². The molecule has 0 bridgehead atoms. The summed E-state index contributed by atoms with van der Waals surface area (Å²) in [5.41, 5.74) is 1.83. The third-order valence-electron chi connectivity index (χ3n) is 3.95. The van der Waals surface area contributed by atoms with Crippen molar-refractivity contribution in [2.24, 2.45) is 0 Å². The van der Waals surface area contributed by atoms with Crippen molar-refractivity contribution in [3.63, 3.8) is 0 Å². The number of halogens is 2. The van der Waals surface area contributed by atoms with Crippen molar-refractivity contribution in [3.05, 3.63) is 50.9 Å². The van der Waals surface area contributed by atoms with Crippen LogP contribution in [-0.2, 0) is 11.2 Å². The third kappa shape index (κ3) is 3.16. The highest BCUT2D eigenvalue weighted by Gasteiger charge is 2.26. The summed E-state index contributed by atoms with van der Waals surface area (Å²) < 4.78 is 13.1. The quantitative estimate of drug-likeness (QED) is 0.913. The van der Waals surface area contributed by atoms with E-state index in [-0.39, 0.29) is 17.0 Å². The van der Waals surface area contributed by atoms with Gasteiger partial charge in [0.15, 0.2) is 0 Å². The van der Waals surface area contributed by atoms with E-state index in [4.69, 9.17) is 11.6 Å². The maximum Gasteiger partial charge on any atom is 0.238 e. The van der Waals surface area contributed by atoms with Gasteiger partial charge in [0, 0.05) is 23.2 Å². The van der Waals surface area contributed by atoms with Gasteiger partial charge < -0.3 is 5.32 Å². The second-order valence-corrected chi connectivity index (χ2v) is 6.78. The van der Waals surface area contributed by atoms with Crippen molar-refractivity contribution in [1.82, 2.24) is 4.90 Å². The van der Waals surface area contributed by atoms with Crippen molar-refractivity contribution in [3.8, 4) is 0 Å². The first-order chi connectivity index (χ1) is 10.5. The zero-order valence-electron chi connectivity index (χ0n) is 12.1. The fourth-order valence-electron chi connectivity index (χ4n) is 2.74. The highest BCUT2D eigenvalue weighted by Crippen LogP contribution is 2.32. The van der Waals surface area contributed by atoms with Gasteiger partial charge >= 0.3 is 0 Å². The first-order valence-corrected chi connectivity index (χ1v) is 8.35. The van der Waals surface area contributed by atoms with Gasteiger partial charge in [-0.25, -0.2) is 4.39 Å². The van der Waals surface area contributed by atoms with Crippen LogP contribution in [0.1, 0.15) is 23.4 Å². The molecule has 0 saturated heterocycles. The molecule has 2 heterocycles. The number of carbonyl (C=O) groups is 1. The van der Waals surface area contributed by atoms with Crippen LogP contribution in [0.3, 0.4) is 0 Å². The summed E-state index contributed by atoms with van der Waals surface area (Å²) in [5.74, 6) is -0.609. The molecule has 3 nitrogen and oxygen atoms in total. The number of rotatable bonds is 3. The Kier molecular flexibility index (Phi) is 4.47. The van der Waals surface area contributed by atoms with Gasteiger partial charge in [0.05, 0.1) is 11.6 Å². The predicted molar refractivity (Wildman–Crippen MR) is 88.1 cm³/mol. The molecule has 2 aromatic rings. The third-order valence-corrected chi connectivity index (χ3v) is 5.24. The first-order valence-electron chi connectivity index (χ1n) is 7.10. The summed E-state index contributed by atoms with van der Waals surface area (Å²) in [4.78, 5) is 15.7. The number of benzene rings is 1. The number of amides is 1. The van der Waals surface area contributed by atoms with Crippen LogP contribution in [0.4, 0.5) is 10.1 Å². The van der Waals surface area contributed by atoms with E-state index >= 15 is 0 Å². The van der Waals surface area contributed by atoms with Gasteiger partial charge in [-0.3, -0.25) is 9.69 Å². The minimum atomic E-state index is -0.491. The fraction of sp³-hybridized carbons (Fsp3) is 0.312. The van der Waals surface area contributed by atoms with Crippen molar-refractivity contribution in [1.29, 1.82) is 0 Å². The Morgan fingerprint density at radius 2 is 2.32 bits per heavy atom. The van der Waals surface area contributed by atoms with E-state index in [1.165, 1.54) is 28.6 Å². The zero-order chi connectivity index (χ0) is 15.7. The number of nitrogens with one attached hydrogen (secondary N) is 1. The average Bonchev–Trinajstić information content (AvgIpc) is 2.95. The highest BCUT2D eigenvalue weighted by molar-refractivity contribution is 7.10. The topological polar surface area (TPSA) is 32.3 Å². The SMILES string of the molecule is C[C@H]1c2ccsc2CCN1CC(=O)Nc1ccc(F)c(Cl)c1. The molecule has 1 N–H and O–H groups in total. The number of nitrogens with zero attached hydrogens (tertiary/aromatic N) is 1. The standard InChI is InChI=1S/C16H16ClFN2OS/c1-10-12-5-7-22-15(12)4-6-20(10)9-16(21)19-11-2-3-14(18)13(17)8-11/h2-3,5,7-8,10H,4,6,9H2,1H3,(H,19,21)/t10-/m0/s1. The molecule has 1 aliphatic rings. The molecule has 22 heavy (non-hydrogen) atoms. The van der Waals surface area contributed by atoms with Gasteiger partial charge in [0.2, 0.25) is 5.91 Å². The summed E-state index contributed by atoms with van der Waals surface area (Å²) in [5, 5.41) is 4.88. The van der Waals surface area contributed by atoms with Crippen LogP contribution < -0.4 is 5.32 Å². The largest absolute Gasteiger partial charge is 0.325 e. The van der Waals surface area contributed by atoms with Crippen LogP contribution in [0.5, 0.6) is 0 Å². The average molecular weight is 339 g/mol. The van der Waals surface area contributed by atoms with Crippen molar-refractivity contribution in [2.75, 3.05) is 18.4 Å². The van der Waals surface area contributed by atoms with Crippen LogP contribution in [0.15, 0.2) is 29.6 Å². The van der Waals surface area contributed by atoms with Gasteiger partial charge in [0.1, 0.15) is 5.82 Å². The number of hydrogen-bond acceptors (Lipinski definition) is 3. The second kappa shape index (κ2) is 6.36. The maximum atomic E-state index is 13.1. The lowest BCUT2D eigenvalue weighted by Crippen LogP contribution is -2.39. The Balaban J connectivity index is 1.64. The summed E-state index contributed by atoms with van der Waals surface area (Å²) in [6.45, 7) is 3.30. The van der Waals surface area contributed by atoms with E-state index in [1.54, 1.807) is 11.3 Å². The maximum absolute atomic E-state index is 13.1. The molecular weight excluding hydrogens is 323 g/mol. The zero-order valence-corrected chi connectivity index (χ0v) is 13.7. The van der Waals surface area contributed by atoms with E-state index in [0.29, 0.717) is 12.2 Å². The monoisotopic (exact) mass is 338 g/mol. The van der Waals surface area contributed by atoms with E-state index in [9.17, 15) is 9.18 Å². The molecule has 0 fully saturated rings. The predicted octanol–water partition coefficient (Wildman–Crippen LogP) is 4.10. The van der Waals surface area contributed by atoms with E-state index in [1.807, 2.05) is 0 Å². The molecule has 1 aliphatic heterocycles.